The van der Waals surface area contributed by atoms with Gasteiger partial charge in [0, 0.05) is 12.5 Å². The van der Waals surface area contributed by atoms with Crippen molar-refractivity contribution in [1.29, 1.82) is 0 Å². The zero-order chi connectivity index (χ0) is 14.5. The molecule has 0 aromatic heterocycles. The van der Waals surface area contributed by atoms with E-state index in [9.17, 15) is 19.8 Å². The zero-order valence-corrected chi connectivity index (χ0v) is 11.3. The highest BCUT2D eigenvalue weighted by atomic mass is 16.7. The predicted octanol–water partition coefficient (Wildman–Crippen LogP) is -0.801. The standard InChI is InChI=1S/C13H19NO6/c1-12-5-2-3-7(14-12)4-6-13(12)19-10(17)8(15)9(16)11(18)20-13/h7-9,14-16H,2-6H2,1H3. The number of nitrogens with one attached hydrogen (secondary N) is 1. The van der Waals surface area contributed by atoms with Crippen LogP contribution in [-0.2, 0) is 19.1 Å². The third kappa shape index (κ3) is 1.84. The summed E-state index contributed by atoms with van der Waals surface area (Å²) in [6.45, 7) is 1.85. The maximum Gasteiger partial charge on any atom is 0.341 e. The second-order valence-electron chi connectivity index (χ2n) is 6.09. The molecule has 3 fully saturated rings. The van der Waals surface area contributed by atoms with Crippen LogP contribution < -0.4 is 5.32 Å². The van der Waals surface area contributed by atoms with Crippen LogP contribution in [-0.4, -0.2) is 51.7 Å². The number of aliphatic hydroxyl groups is 2. The highest BCUT2D eigenvalue weighted by molar-refractivity contribution is 5.87. The fourth-order valence-electron chi connectivity index (χ4n) is 3.51. The summed E-state index contributed by atoms with van der Waals surface area (Å²) in [7, 11) is 0. The van der Waals surface area contributed by atoms with Gasteiger partial charge < -0.3 is 25.0 Å². The van der Waals surface area contributed by atoms with Gasteiger partial charge in [0.15, 0.2) is 12.2 Å². The average molecular weight is 285 g/mol. The second-order valence-corrected chi connectivity index (χ2v) is 6.09. The molecule has 3 aliphatic heterocycles. The van der Waals surface area contributed by atoms with Crippen LogP contribution in [0, 0.1) is 0 Å². The third-order valence-electron chi connectivity index (χ3n) is 4.73. The lowest BCUT2D eigenvalue weighted by Crippen LogP contribution is -2.71. The van der Waals surface area contributed by atoms with Crippen LogP contribution in [0.2, 0.25) is 0 Å². The van der Waals surface area contributed by atoms with Gasteiger partial charge in [-0.2, -0.15) is 0 Å². The van der Waals surface area contributed by atoms with Gasteiger partial charge in [-0.25, -0.2) is 9.59 Å². The Morgan fingerprint density at radius 3 is 2.30 bits per heavy atom. The van der Waals surface area contributed by atoms with Crippen LogP contribution in [0.25, 0.3) is 0 Å². The molecule has 20 heavy (non-hydrogen) atoms. The minimum absolute atomic E-state index is 0.315. The lowest BCUT2D eigenvalue weighted by Gasteiger charge is -2.54. The van der Waals surface area contributed by atoms with Crippen molar-refractivity contribution in [2.24, 2.45) is 0 Å². The topological polar surface area (TPSA) is 105 Å². The van der Waals surface area contributed by atoms with Crippen LogP contribution in [0.15, 0.2) is 0 Å². The Balaban J connectivity index is 1.97. The highest BCUT2D eigenvalue weighted by Gasteiger charge is 2.61. The van der Waals surface area contributed by atoms with Gasteiger partial charge in [0.2, 0.25) is 0 Å². The van der Waals surface area contributed by atoms with Crippen LogP contribution in [0.4, 0.5) is 0 Å². The Morgan fingerprint density at radius 1 is 1.10 bits per heavy atom. The number of hydrogen-bond acceptors (Lipinski definition) is 7. The van der Waals surface area contributed by atoms with E-state index in [1.54, 1.807) is 0 Å². The molecule has 1 spiro atoms. The molecule has 0 aromatic carbocycles. The summed E-state index contributed by atoms with van der Waals surface area (Å²) >= 11 is 0. The molecule has 0 aromatic rings. The molecule has 4 unspecified atom stereocenters. The number of aliphatic hydroxyl groups excluding tert-OH is 2. The fourth-order valence-corrected chi connectivity index (χ4v) is 3.51. The minimum Gasteiger partial charge on any atom is -0.418 e. The van der Waals surface area contributed by atoms with Crippen LogP contribution in [0.1, 0.15) is 39.0 Å². The van der Waals surface area contributed by atoms with Crippen LogP contribution in [0.5, 0.6) is 0 Å². The average Bonchev–Trinajstić information content (AvgIpc) is 2.48. The number of piperidine rings is 2. The van der Waals surface area contributed by atoms with E-state index < -0.39 is 35.5 Å². The number of esters is 2. The number of rotatable bonds is 0. The molecule has 0 aliphatic carbocycles. The first-order chi connectivity index (χ1) is 9.37. The Morgan fingerprint density at radius 2 is 1.70 bits per heavy atom. The Kier molecular flexibility index (Phi) is 3.04. The summed E-state index contributed by atoms with van der Waals surface area (Å²) in [5, 5.41) is 22.5. The molecule has 0 radical (unpaired) electrons. The molecule has 112 valence electrons. The molecule has 7 heteroatoms. The summed E-state index contributed by atoms with van der Waals surface area (Å²) < 4.78 is 10.7. The van der Waals surface area contributed by atoms with E-state index in [0.29, 0.717) is 25.3 Å². The van der Waals surface area contributed by atoms with Gasteiger partial charge in [-0.3, -0.25) is 0 Å². The number of hydrogen-bond donors (Lipinski definition) is 3. The lowest BCUT2D eigenvalue weighted by atomic mass is 9.73. The molecule has 3 saturated heterocycles. The largest absolute Gasteiger partial charge is 0.418 e. The molecule has 4 atom stereocenters. The third-order valence-corrected chi connectivity index (χ3v) is 4.73. The lowest BCUT2D eigenvalue weighted by molar-refractivity contribution is -0.270. The van der Waals surface area contributed by atoms with Gasteiger partial charge in [-0.1, -0.05) is 0 Å². The van der Waals surface area contributed by atoms with Crippen molar-refractivity contribution in [2.45, 2.75) is 68.6 Å². The molecule has 2 bridgehead atoms. The maximum absolute atomic E-state index is 11.9. The molecule has 0 amide bonds. The second kappa shape index (κ2) is 4.41. The number of fused-ring (bicyclic) bond motifs is 3. The SMILES string of the molecule is CC12CCCC(CCC13OC(=O)C(O)C(O)C(=O)O3)N2. The normalized spacial score (nSPS) is 48.5. The Labute approximate surface area is 116 Å². The van der Waals surface area contributed by atoms with Crippen molar-refractivity contribution in [3.05, 3.63) is 0 Å². The molecule has 3 heterocycles. The van der Waals surface area contributed by atoms with E-state index in [-0.39, 0.29) is 0 Å². The summed E-state index contributed by atoms with van der Waals surface area (Å²) in [4.78, 5) is 23.7. The Bertz CT molecular complexity index is 430. The van der Waals surface area contributed by atoms with E-state index >= 15 is 0 Å². The van der Waals surface area contributed by atoms with E-state index in [1.165, 1.54) is 0 Å². The van der Waals surface area contributed by atoms with Crippen LogP contribution in [0.3, 0.4) is 0 Å². The van der Waals surface area contributed by atoms with Gasteiger partial charge in [-0.05, 0) is 32.6 Å². The minimum atomic E-state index is -1.90. The summed E-state index contributed by atoms with van der Waals surface area (Å²) in [5.74, 6) is -3.48. The van der Waals surface area contributed by atoms with E-state index in [1.807, 2.05) is 6.92 Å². The molecule has 0 saturated carbocycles. The first kappa shape index (κ1) is 13.8. The number of ether oxygens (including phenoxy) is 2. The Hall–Kier alpha value is -1.18. The molecule has 3 N–H and O–H groups in total. The molecule has 3 aliphatic rings. The van der Waals surface area contributed by atoms with Crippen molar-refractivity contribution in [2.75, 3.05) is 0 Å². The van der Waals surface area contributed by atoms with Gasteiger partial charge in [0.05, 0.1) is 5.54 Å². The summed E-state index contributed by atoms with van der Waals surface area (Å²) in [6, 6.07) is 0.315. The predicted molar refractivity (Wildman–Crippen MR) is 65.3 cm³/mol. The van der Waals surface area contributed by atoms with Crippen molar-refractivity contribution >= 4 is 11.9 Å². The first-order valence-electron chi connectivity index (χ1n) is 6.96. The maximum atomic E-state index is 11.9. The molecular weight excluding hydrogens is 266 g/mol. The number of carbonyl (C=O) groups excluding carboxylic acids is 2. The molecule has 7 nitrogen and oxygen atoms in total. The van der Waals surface area contributed by atoms with Gasteiger partial charge in [0.1, 0.15) is 0 Å². The van der Waals surface area contributed by atoms with E-state index in [4.69, 9.17) is 9.47 Å². The van der Waals surface area contributed by atoms with Gasteiger partial charge in [0.25, 0.3) is 5.79 Å². The zero-order valence-electron chi connectivity index (χ0n) is 11.3. The smallest absolute Gasteiger partial charge is 0.341 e. The van der Waals surface area contributed by atoms with Gasteiger partial charge in [-0.15, -0.1) is 0 Å². The van der Waals surface area contributed by atoms with E-state index in [0.717, 1.165) is 12.8 Å². The van der Waals surface area contributed by atoms with Crippen molar-refractivity contribution in [3.8, 4) is 0 Å². The molecule has 3 rings (SSSR count). The first-order valence-corrected chi connectivity index (χ1v) is 6.96. The summed E-state index contributed by atoms with van der Waals surface area (Å²) in [6.07, 6.45) is -0.0374. The fraction of sp³-hybridized carbons (Fsp3) is 0.846. The van der Waals surface area contributed by atoms with Crippen molar-refractivity contribution < 1.29 is 29.3 Å². The van der Waals surface area contributed by atoms with Crippen LogP contribution >= 0.6 is 0 Å². The van der Waals surface area contributed by atoms with Crippen molar-refractivity contribution in [3.63, 3.8) is 0 Å². The van der Waals surface area contributed by atoms with Gasteiger partial charge >= 0.3 is 11.9 Å². The monoisotopic (exact) mass is 285 g/mol. The van der Waals surface area contributed by atoms with Crippen molar-refractivity contribution in [1.82, 2.24) is 5.32 Å². The van der Waals surface area contributed by atoms with E-state index in [2.05, 4.69) is 5.32 Å². The quantitative estimate of drug-likeness (QED) is 0.500. The summed E-state index contributed by atoms with van der Waals surface area (Å²) in [5.41, 5.74) is -0.691. The molecular formula is C13H19NO6. The highest BCUT2D eigenvalue weighted by Crippen LogP contribution is 2.45. The number of carbonyl (C=O) groups is 2.